The molecular weight excluding hydrogens is 408 g/mol. The van der Waals surface area contributed by atoms with E-state index in [4.69, 9.17) is 4.98 Å². The molecular formula is C27H34N6. The summed E-state index contributed by atoms with van der Waals surface area (Å²) in [6.45, 7) is 3.90. The Bertz CT molecular complexity index is 1030. The van der Waals surface area contributed by atoms with E-state index in [0.717, 1.165) is 60.1 Å². The SMILES string of the molecule is CCCCCCCc1cn(CCCNc2nc(-c3ccccc3)c(-c3ccccc3)[nH]2)nn1. The van der Waals surface area contributed by atoms with Crippen LogP contribution in [0.3, 0.4) is 0 Å². The fourth-order valence-electron chi connectivity index (χ4n) is 4.00. The highest BCUT2D eigenvalue weighted by atomic mass is 15.4. The standard InChI is InChI=1S/C27H34N6/c1-2-3-4-5-12-18-24-21-33(32-31-24)20-13-19-28-27-29-25(22-14-8-6-9-15-22)26(30-27)23-16-10-7-11-17-23/h6-11,14-17,21H,2-5,12-13,18-20H2,1H3,(H2,28,29,30). The van der Waals surface area contributed by atoms with Crippen molar-refractivity contribution in [2.45, 2.75) is 58.4 Å². The predicted molar refractivity (Wildman–Crippen MR) is 135 cm³/mol. The summed E-state index contributed by atoms with van der Waals surface area (Å²) in [6.07, 6.45) is 10.5. The predicted octanol–water partition coefficient (Wildman–Crippen LogP) is 6.35. The number of hydrogen-bond donors (Lipinski definition) is 2. The molecule has 4 rings (SSSR count). The lowest BCUT2D eigenvalue weighted by Gasteiger charge is -2.03. The number of unbranched alkanes of at least 4 members (excludes halogenated alkanes) is 4. The maximum atomic E-state index is 4.86. The number of anilines is 1. The van der Waals surface area contributed by atoms with Gasteiger partial charge in [-0.1, -0.05) is 98.5 Å². The van der Waals surface area contributed by atoms with Gasteiger partial charge in [0.1, 0.15) is 0 Å². The second-order valence-corrected chi connectivity index (χ2v) is 8.46. The van der Waals surface area contributed by atoms with E-state index in [1.165, 1.54) is 32.1 Å². The number of aryl methyl sites for hydroxylation is 2. The molecule has 2 aromatic carbocycles. The van der Waals surface area contributed by atoms with Crippen LogP contribution in [0.4, 0.5) is 5.95 Å². The summed E-state index contributed by atoms with van der Waals surface area (Å²) in [5, 5.41) is 12.1. The van der Waals surface area contributed by atoms with Crippen LogP contribution in [-0.4, -0.2) is 31.5 Å². The molecule has 2 heterocycles. The molecule has 0 atom stereocenters. The van der Waals surface area contributed by atoms with Gasteiger partial charge in [0.05, 0.1) is 17.1 Å². The number of benzene rings is 2. The molecule has 0 fully saturated rings. The molecule has 0 saturated heterocycles. The number of imidazole rings is 1. The fourth-order valence-corrected chi connectivity index (χ4v) is 4.00. The summed E-state index contributed by atoms with van der Waals surface area (Å²) in [5.41, 5.74) is 5.33. The van der Waals surface area contributed by atoms with Crippen molar-refractivity contribution in [3.05, 3.63) is 72.6 Å². The molecule has 0 aliphatic carbocycles. The van der Waals surface area contributed by atoms with Gasteiger partial charge >= 0.3 is 0 Å². The molecule has 0 aliphatic rings. The lowest BCUT2D eigenvalue weighted by atomic mass is 10.1. The Labute approximate surface area is 196 Å². The molecule has 6 heteroatoms. The second kappa shape index (κ2) is 12.0. The van der Waals surface area contributed by atoms with Crippen molar-refractivity contribution in [3.63, 3.8) is 0 Å². The van der Waals surface area contributed by atoms with E-state index in [1.54, 1.807) is 0 Å². The minimum atomic E-state index is 0.791. The number of aromatic nitrogens is 5. The first-order chi connectivity index (χ1) is 16.3. The average molecular weight is 443 g/mol. The molecule has 0 saturated carbocycles. The van der Waals surface area contributed by atoms with Gasteiger partial charge in [0.2, 0.25) is 5.95 Å². The first-order valence-electron chi connectivity index (χ1n) is 12.2. The quantitative estimate of drug-likeness (QED) is 0.237. The molecule has 2 N–H and O–H groups in total. The molecule has 0 aliphatic heterocycles. The number of nitrogens with one attached hydrogen (secondary N) is 2. The fraction of sp³-hybridized carbons (Fsp3) is 0.370. The normalized spacial score (nSPS) is 11.1. The van der Waals surface area contributed by atoms with E-state index in [1.807, 2.05) is 28.9 Å². The molecule has 0 radical (unpaired) electrons. The molecule has 0 bridgehead atoms. The largest absolute Gasteiger partial charge is 0.356 e. The summed E-state index contributed by atoms with van der Waals surface area (Å²) in [7, 11) is 0. The topological polar surface area (TPSA) is 71.4 Å². The molecule has 0 spiro atoms. The Hall–Kier alpha value is -3.41. The number of nitrogens with zero attached hydrogens (tertiary/aromatic N) is 4. The van der Waals surface area contributed by atoms with Crippen LogP contribution in [0.1, 0.15) is 51.1 Å². The summed E-state index contributed by atoms with van der Waals surface area (Å²) in [6, 6.07) is 20.7. The van der Waals surface area contributed by atoms with E-state index < -0.39 is 0 Å². The van der Waals surface area contributed by atoms with Crippen LogP contribution in [0, 0.1) is 0 Å². The highest BCUT2D eigenvalue weighted by Gasteiger charge is 2.13. The first-order valence-corrected chi connectivity index (χ1v) is 12.2. The van der Waals surface area contributed by atoms with E-state index in [-0.39, 0.29) is 0 Å². The average Bonchev–Trinajstić information content (AvgIpc) is 3.50. The molecule has 172 valence electrons. The lowest BCUT2D eigenvalue weighted by molar-refractivity contribution is 0.569. The van der Waals surface area contributed by atoms with E-state index >= 15 is 0 Å². The van der Waals surface area contributed by atoms with Crippen LogP contribution < -0.4 is 5.32 Å². The number of aromatic amines is 1. The molecule has 0 unspecified atom stereocenters. The maximum Gasteiger partial charge on any atom is 0.201 e. The Balaban J connectivity index is 1.31. The van der Waals surface area contributed by atoms with Crippen LogP contribution in [0.2, 0.25) is 0 Å². The van der Waals surface area contributed by atoms with Gasteiger partial charge in [0.15, 0.2) is 0 Å². The van der Waals surface area contributed by atoms with E-state index in [9.17, 15) is 0 Å². The van der Waals surface area contributed by atoms with Crippen molar-refractivity contribution < 1.29 is 0 Å². The summed E-state index contributed by atoms with van der Waals surface area (Å²) in [5.74, 6) is 0.791. The highest BCUT2D eigenvalue weighted by molar-refractivity contribution is 5.79. The molecule has 33 heavy (non-hydrogen) atoms. The van der Waals surface area contributed by atoms with Crippen molar-refractivity contribution >= 4 is 5.95 Å². The number of H-pyrrole nitrogens is 1. The zero-order valence-electron chi connectivity index (χ0n) is 19.5. The van der Waals surface area contributed by atoms with Gasteiger partial charge in [-0.05, 0) is 19.3 Å². The smallest absolute Gasteiger partial charge is 0.201 e. The van der Waals surface area contributed by atoms with Crippen molar-refractivity contribution in [2.75, 3.05) is 11.9 Å². The van der Waals surface area contributed by atoms with Gasteiger partial charge in [0.25, 0.3) is 0 Å². The van der Waals surface area contributed by atoms with Crippen LogP contribution in [0.25, 0.3) is 22.5 Å². The Morgan fingerprint density at radius 2 is 1.58 bits per heavy atom. The monoisotopic (exact) mass is 442 g/mol. The zero-order chi connectivity index (χ0) is 22.7. The Morgan fingerprint density at radius 3 is 2.33 bits per heavy atom. The van der Waals surface area contributed by atoms with Gasteiger partial charge in [-0.3, -0.25) is 4.68 Å². The van der Waals surface area contributed by atoms with Crippen molar-refractivity contribution in [1.82, 2.24) is 25.0 Å². The molecule has 0 amide bonds. The third kappa shape index (κ3) is 6.54. The summed E-state index contributed by atoms with van der Waals surface area (Å²) >= 11 is 0. The lowest BCUT2D eigenvalue weighted by Crippen LogP contribution is -2.08. The third-order valence-corrected chi connectivity index (χ3v) is 5.79. The summed E-state index contributed by atoms with van der Waals surface area (Å²) < 4.78 is 1.95. The number of rotatable bonds is 13. The van der Waals surface area contributed by atoms with Crippen LogP contribution in [0.5, 0.6) is 0 Å². The summed E-state index contributed by atoms with van der Waals surface area (Å²) in [4.78, 5) is 8.34. The minimum Gasteiger partial charge on any atom is -0.356 e. The van der Waals surface area contributed by atoms with Gasteiger partial charge in [-0.15, -0.1) is 5.10 Å². The second-order valence-electron chi connectivity index (χ2n) is 8.46. The van der Waals surface area contributed by atoms with Crippen LogP contribution >= 0.6 is 0 Å². The zero-order valence-corrected chi connectivity index (χ0v) is 19.5. The molecule has 6 nitrogen and oxygen atoms in total. The van der Waals surface area contributed by atoms with Crippen molar-refractivity contribution in [2.24, 2.45) is 0 Å². The van der Waals surface area contributed by atoms with E-state index in [2.05, 4.69) is 70.1 Å². The highest BCUT2D eigenvalue weighted by Crippen LogP contribution is 2.31. The van der Waals surface area contributed by atoms with Crippen LogP contribution in [0.15, 0.2) is 66.9 Å². The maximum absolute atomic E-state index is 4.86. The van der Waals surface area contributed by atoms with Crippen LogP contribution in [-0.2, 0) is 13.0 Å². The Morgan fingerprint density at radius 1 is 0.848 bits per heavy atom. The third-order valence-electron chi connectivity index (χ3n) is 5.79. The van der Waals surface area contributed by atoms with Gasteiger partial charge in [-0.25, -0.2) is 4.98 Å². The van der Waals surface area contributed by atoms with Gasteiger partial charge in [0, 0.05) is 30.4 Å². The van der Waals surface area contributed by atoms with Crippen molar-refractivity contribution in [1.29, 1.82) is 0 Å². The van der Waals surface area contributed by atoms with Crippen molar-refractivity contribution in [3.8, 4) is 22.5 Å². The van der Waals surface area contributed by atoms with Gasteiger partial charge in [-0.2, -0.15) is 0 Å². The minimum absolute atomic E-state index is 0.791. The number of hydrogen-bond acceptors (Lipinski definition) is 4. The van der Waals surface area contributed by atoms with E-state index in [0.29, 0.717) is 0 Å². The molecule has 2 aromatic heterocycles. The first kappa shape index (κ1) is 22.8. The van der Waals surface area contributed by atoms with Gasteiger partial charge < -0.3 is 10.3 Å². The molecule has 4 aromatic rings. The Kier molecular flexibility index (Phi) is 8.28.